The van der Waals surface area contributed by atoms with Gasteiger partial charge in [-0.3, -0.25) is 0 Å². The smallest absolute Gasteiger partial charge is 0.218 e. The number of aliphatic hydroxyl groups excluding tert-OH is 1. The van der Waals surface area contributed by atoms with E-state index in [1.54, 1.807) is 30.3 Å². The van der Waals surface area contributed by atoms with Crippen LogP contribution in [0.1, 0.15) is 11.9 Å². The summed E-state index contributed by atoms with van der Waals surface area (Å²) in [6.07, 6.45) is -1.35. The second-order valence-corrected chi connectivity index (χ2v) is 1.86. The maximum absolute atomic E-state index is 9.68. The summed E-state index contributed by atoms with van der Waals surface area (Å²) < 4.78 is 0. The van der Waals surface area contributed by atoms with Gasteiger partial charge in [0.1, 0.15) is 0 Å². The summed E-state index contributed by atoms with van der Waals surface area (Å²) >= 11 is 0. The summed E-state index contributed by atoms with van der Waals surface area (Å²) in [6.45, 7) is 0. The lowest BCUT2D eigenvalue weighted by atomic mass is 10.2. The van der Waals surface area contributed by atoms with E-state index in [0.29, 0.717) is 5.56 Å². The first-order valence-corrected chi connectivity index (χ1v) is 2.86. The first kappa shape index (κ1) is 7.21. The van der Waals surface area contributed by atoms with E-state index in [2.05, 4.69) is 4.89 Å². The SMILES string of the molecule is [O]OC(O)c1ccccc1. The quantitative estimate of drug-likeness (QED) is 0.378. The summed E-state index contributed by atoms with van der Waals surface area (Å²) in [6, 6.07) is 8.46. The fraction of sp³-hybridized carbons (Fsp3) is 0.143. The average Bonchev–Trinajstić information content (AvgIpc) is 2.05. The molecule has 0 bridgehead atoms. The number of hydrogen-bond acceptors (Lipinski definition) is 2. The van der Waals surface area contributed by atoms with Crippen LogP contribution in [0, 0.1) is 0 Å². The third kappa shape index (κ3) is 1.54. The lowest BCUT2D eigenvalue weighted by Crippen LogP contribution is -1.97. The van der Waals surface area contributed by atoms with E-state index >= 15 is 0 Å². The highest BCUT2D eigenvalue weighted by molar-refractivity contribution is 5.15. The van der Waals surface area contributed by atoms with Crippen LogP contribution in [0.25, 0.3) is 0 Å². The zero-order valence-electron chi connectivity index (χ0n) is 5.23. The molecule has 0 saturated heterocycles. The monoisotopic (exact) mass is 139 g/mol. The summed E-state index contributed by atoms with van der Waals surface area (Å²) in [5.74, 6) is 0. The lowest BCUT2D eigenvalue weighted by molar-refractivity contribution is -0.385. The molecule has 1 aromatic rings. The minimum atomic E-state index is -1.35. The second kappa shape index (κ2) is 3.31. The Hall–Kier alpha value is -0.900. The molecule has 3 nitrogen and oxygen atoms in total. The first-order chi connectivity index (χ1) is 4.84. The Morgan fingerprint density at radius 3 is 2.40 bits per heavy atom. The van der Waals surface area contributed by atoms with Crippen molar-refractivity contribution in [1.29, 1.82) is 0 Å². The maximum Gasteiger partial charge on any atom is 0.218 e. The van der Waals surface area contributed by atoms with E-state index in [9.17, 15) is 5.26 Å². The fourth-order valence-electron chi connectivity index (χ4n) is 0.673. The Morgan fingerprint density at radius 2 is 1.90 bits per heavy atom. The van der Waals surface area contributed by atoms with Crippen molar-refractivity contribution in [3.8, 4) is 0 Å². The molecular formula is C7H7O3. The Bertz CT molecular complexity index is 185. The van der Waals surface area contributed by atoms with E-state index < -0.39 is 6.29 Å². The Morgan fingerprint density at radius 1 is 1.30 bits per heavy atom. The van der Waals surface area contributed by atoms with Crippen LogP contribution >= 0.6 is 0 Å². The molecule has 53 valence electrons. The third-order valence-corrected chi connectivity index (χ3v) is 1.18. The molecule has 0 aliphatic carbocycles. The summed E-state index contributed by atoms with van der Waals surface area (Å²) in [4.78, 5) is 3.44. The Balaban J connectivity index is 2.75. The molecule has 0 spiro atoms. The van der Waals surface area contributed by atoms with Crippen LogP contribution in [0.4, 0.5) is 0 Å². The van der Waals surface area contributed by atoms with Gasteiger partial charge in [0.15, 0.2) is 0 Å². The second-order valence-electron chi connectivity index (χ2n) is 1.86. The molecule has 1 radical (unpaired) electrons. The Labute approximate surface area is 58.4 Å². The largest absolute Gasteiger partial charge is 0.362 e. The molecule has 10 heavy (non-hydrogen) atoms. The van der Waals surface area contributed by atoms with Gasteiger partial charge in [0.25, 0.3) is 0 Å². The van der Waals surface area contributed by atoms with Crippen LogP contribution in [0.15, 0.2) is 30.3 Å². The van der Waals surface area contributed by atoms with Crippen molar-refractivity contribution >= 4 is 0 Å². The third-order valence-electron chi connectivity index (χ3n) is 1.18. The van der Waals surface area contributed by atoms with Crippen molar-refractivity contribution < 1.29 is 15.3 Å². The van der Waals surface area contributed by atoms with Crippen LogP contribution in [0.5, 0.6) is 0 Å². The zero-order chi connectivity index (χ0) is 7.40. The molecule has 1 unspecified atom stereocenters. The molecule has 0 heterocycles. The standard InChI is InChI=1S/C7H7O3/c8-7(10-9)6-4-2-1-3-5-6/h1-5,7-8H. The van der Waals surface area contributed by atoms with Crippen LogP contribution in [0.3, 0.4) is 0 Å². The van der Waals surface area contributed by atoms with E-state index in [1.807, 2.05) is 0 Å². The van der Waals surface area contributed by atoms with E-state index in [4.69, 9.17) is 5.11 Å². The molecule has 0 aliphatic rings. The molecule has 0 aromatic heterocycles. The molecule has 1 atom stereocenters. The molecule has 0 fully saturated rings. The molecule has 1 rings (SSSR count). The van der Waals surface area contributed by atoms with Crippen molar-refractivity contribution in [3.63, 3.8) is 0 Å². The fourth-order valence-corrected chi connectivity index (χ4v) is 0.673. The van der Waals surface area contributed by atoms with E-state index in [0.717, 1.165) is 0 Å². The summed E-state index contributed by atoms with van der Waals surface area (Å²) in [5, 5.41) is 18.5. The molecule has 1 aromatic carbocycles. The highest BCUT2D eigenvalue weighted by Gasteiger charge is 2.04. The van der Waals surface area contributed by atoms with Crippen molar-refractivity contribution in [2.24, 2.45) is 0 Å². The van der Waals surface area contributed by atoms with Gasteiger partial charge in [-0.05, 0) is 5.26 Å². The van der Waals surface area contributed by atoms with Crippen LogP contribution < -0.4 is 0 Å². The topological polar surface area (TPSA) is 49.4 Å². The number of aliphatic hydroxyl groups is 1. The first-order valence-electron chi connectivity index (χ1n) is 2.86. The van der Waals surface area contributed by atoms with Crippen molar-refractivity contribution in [2.75, 3.05) is 0 Å². The van der Waals surface area contributed by atoms with Gasteiger partial charge in [-0.1, -0.05) is 30.3 Å². The van der Waals surface area contributed by atoms with Crippen molar-refractivity contribution in [3.05, 3.63) is 35.9 Å². The van der Waals surface area contributed by atoms with Gasteiger partial charge in [-0.25, -0.2) is 0 Å². The molecule has 0 amide bonds. The molecule has 0 saturated carbocycles. The van der Waals surface area contributed by atoms with Gasteiger partial charge in [-0.15, -0.1) is 0 Å². The zero-order valence-corrected chi connectivity index (χ0v) is 5.23. The van der Waals surface area contributed by atoms with Crippen LogP contribution in [-0.2, 0) is 10.1 Å². The predicted octanol–water partition coefficient (Wildman–Crippen LogP) is 1.04. The molecule has 3 heteroatoms. The normalized spacial score (nSPS) is 13.0. The average molecular weight is 139 g/mol. The van der Waals surface area contributed by atoms with Crippen molar-refractivity contribution in [2.45, 2.75) is 6.29 Å². The maximum atomic E-state index is 9.68. The van der Waals surface area contributed by atoms with Crippen LogP contribution in [-0.4, -0.2) is 5.11 Å². The van der Waals surface area contributed by atoms with Gasteiger partial charge in [0.05, 0.1) is 0 Å². The summed E-state index contributed by atoms with van der Waals surface area (Å²) in [7, 11) is 0. The molecule has 1 N–H and O–H groups in total. The van der Waals surface area contributed by atoms with E-state index in [-0.39, 0.29) is 0 Å². The minimum absolute atomic E-state index is 0.470. The number of rotatable bonds is 2. The Kier molecular flexibility index (Phi) is 2.39. The highest BCUT2D eigenvalue weighted by Crippen LogP contribution is 2.11. The number of hydrogen-bond donors (Lipinski definition) is 1. The van der Waals surface area contributed by atoms with Gasteiger partial charge >= 0.3 is 0 Å². The van der Waals surface area contributed by atoms with Crippen LogP contribution in [0.2, 0.25) is 0 Å². The minimum Gasteiger partial charge on any atom is -0.362 e. The highest BCUT2D eigenvalue weighted by atomic mass is 17.1. The van der Waals surface area contributed by atoms with Crippen molar-refractivity contribution in [1.82, 2.24) is 0 Å². The summed E-state index contributed by atoms with van der Waals surface area (Å²) in [5.41, 5.74) is 0.470. The molecular weight excluding hydrogens is 132 g/mol. The number of benzene rings is 1. The van der Waals surface area contributed by atoms with Gasteiger partial charge in [0.2, 0.25) is 6.29 Å². The van der Waals surface area contributed by atoms with E-state index in [1.165, 1.54) is 0 Å². The molecule has 0 aliphatic heterocycles. The predicted molar refractivity (Wildman–Crippen MR) is 33.2 cm³/mol. The lowest BCUT2D eigenvalue weighted by Gasteiger charge is -2.02. The van der Waals surface area contributed by atoms with Gasteiger partial charge in [0, 0.05) is 5.56 Å². The van der Waals surface area contributed by atoms with Gasteiger partial charge < -0.3 is 5.11 Å². The van der Waals surface area contributed by atoms with Gasteiger partial charge in [-0.2, -0.15) is 4.89 Å².